The van der Waals surface area contributed by atoms with Gasteiger partial charge in [0.15, 0.2) is 0 Å². The van der Waals surface area contributed by atoms with Crippen molar-refractivity contribution in [1.82, 2.24) is 5.32 Å². The molecule has 1 aromatic rings. The molecular formula is C9H6BrClINO. The maximum atomic E-state index is 11.6. The second-order valence-corrected chi connectivity index (χ2v) is 5.41. The Morgan fingerprint density at radius 1 is 1.57 bits per heavy atom. The number of nitrogens with one attached hydrogen (secondary N) is 1. The lowest BCUT2D eigenvalue weighted by atomic mass is 10.0. The van der Waals surface area contributed by atoms with Gasteiger partial charge < -0.3 is 5.32 Å². The minimum absolute atomic E-state index is 0.0736. The maximum absolute atomic E-state index is 11.6. The number of hydrogen-bond acceptors (Lipinski definition) is 1. The minimum Gasteiger partial charge on any atom is -0.352 e. The number of amides is 1. The Morgan fingerprint density at radius 3 is 3.00 bits per heavy atom. The van der Waals surface area contributed by atoms with Crippen molar-refractivity contribution in [3.8, 4) is 0 Å². The molecular weight excluding hydrogens is 380 g/mol. The van der Waals surface area contributed by atoms with Gasteiger partial charge in [-0.15, -0.1) is 0 Å². The van der Waals surface area contributed by atoms with Crippen molar-refractivity contribution in [3.63, 3.8) is 0 Å². The number of fused-ring (bicyclic) bond motifs is 1. The van der Waals surface area contributed by atoms with E-state index in [9.17, 15) is 4.79 Å². The SMILES string of the molecule is O=C1NCCc2c(Br)cc(I)c(Cl)c21. The number of halogens is 3. The van der Waals surface area contributed by atoms with Crippen LogP contribution in [-0.4, -0.2) is 12.5 Å². The summed E-state index contributed by atoms with van der Waals surface area (Å²) < 4.78 is 1.86. The molecule has 0 radical (unpaired) electrons. The van der Waals surface area contributed by atoms with Gasteiger partial charge in [-0.1, -0.05) is 27.5 Å². The van der Waals surface area contributed by atoms with Crippen LogP contribution in [0.15, 0.2) is 10.5 Å². The average molecular weight is 386 g/mol. The van der Waals surface area contributed by atoms with Gasteiger partial charge in [-0.25, -0.2) is 0 Å². The molecule has 5 heteroatoms. The Morgan fingerprint density at radius 2 is 2.29 bits per heavy atom. The molecule has 0 spiro atoms. The van der Waals surface area contributed by atoms with Gasteiger partial charge in [-0.3, -0.25) is 4.79 Å². The molecule has 1 amide bonds. The third-order valence-electron chi connectivity index (χ3n) is 2.16. The van der Waals surface area contributed by atoms with Crippen LogP contribution >= 0.6 is 50.1 Å². The fourth-order valence-corrected chi connectivity index (χ4v) is 3.39. The number of carbonyl (C=O) groups excluding carboxylic acids is 1. The normalized spacial score (nSPS) is 14.9. The first-order chi connectivity index (χ1) is 6.61. The Kier molecular flexibility index (Phi) is 3.04. The largest absolute Gasteiger partial charge is 0.352 e. The highest BCUT2D eigenvalue weighted by Gasteiger charge is 2.23. The molecule has 0 bridgehead atoms. The van der Waals surface area contributed by atoms with E-state index in [4.69, 9.17) is 11.6 Å². The second-order valence-electron chi connectivity index (χ2n) is 3.01. The first-order valence-corrected chi connectivity index (χ1v) is 6.31. The van der Waals surface area contributed by atoms with Crippen molar-refractivity contribution in [1.29, 1.82) is 0 Å². The number of carbonyl (C=O) groups is 1. The maximum Gasteiger partial charge on any atom is 0.253 e. The van der Waals surface area contributed by atoms with E-state index in [-0.39, 0.29) is 5.91 Å². The van der Waals surface area contributed by atoms with Gasteiger partial charge in [0, 0.05) is 14.6 Å². The van der Waals surface area contributed by atoms with E-state index in [1.165, 1.54) is 0 Å². The zero-order valence-electron chi connectivity index (χ0n) is 7.03. The molecule has 0 atom stereocenters. The molecule has 1 aromatic carbocycles. The van der Waals surface area contributed by atoms with Crippen LogP contribution in [0.2, 0.25) is 5.02 Å². The molecule has 2 nitrogen and oxygen atoms in total. The lowest BCUT2D eigenvalue weighted by molar-refractivity contribution is 0.0946. The van der Waals surface area contributed by atoms with Crippen LogP contribution in [0.4, 0.5) is 0 Å². The highest BCUT2D eigenvalue weighted by atomic mass is 127. The Balaban J connectivity index is 2.73. The number of rotatable bonds is 0. The quantitative estimate of drug-likeness (QED) is 0.539. The molecule has 2 rings (SSSR count). The van der Waals surface area contributed by atoms with Crippen molar-refractivity contribution in [2.75, 3.05) is 6.54 Å². The van der Waals surface area contributed by atoms with E-state index in [1.807, 2.05) is 6.07 Å². The summed E-state index contributed by atoms with van der Waals surface area (Å²) >= 11 is 11.7. The molecule has 1 aliphatic heterocycles. The number of hydrogen-bond donors (Lipinski definition) is 1. The lowest BCUT2D eigenvalue weighted by Gasteiger charge is -2.19. The zero-order valence-corrected chi connectivity index (χ0v) is 11.5. The van der Waals surface area contributed by atoms with Crippen LogP contribution in [0.25, 0.3) is 0 Å². The van der Waals surface area contributed by atoms with Gasteiger partial charge in [0.2, 0.25) is 0 Å². The predicted octanol–water partition coefficient (Wildman–Crippen LogP) is 2.99. The predicted molar refractivity (Wildman–Crippen MR) is 67.9 cm³/mol. The summed E-state index contributed by atoms with van der Waals surface area (Å²) in [6.45, 7) is 0.682. The Bertz CT molecular complexity index is 422. The Labute approximate surface area is 109 Å². The summed E-state index contributed by atoms with van der Waals surface area (Å²) in [5.41, 5.74) is 1.64. The van der Waals surface area contributed by atoms with E-state index < -0.39 is 0 Å². The molecule has 74 valence electrons. The standard InChI is InChI=1S/C9H6BrClINO/c10-5-3-6(12)8(11)7-4(5)1-2-13-9(7)14/h3H,1-2H2,(H,13,14). The van der Waals surface area contributed by atoms with Crippen molar-refractivity contribution in [2.24, 2.45) is 0 Å². The Hall–Kier alpha value is 0.190. The molecule has 0 aliphatic carbocycles. The first-order valence-electron chi connectivity index (χ1n) is 4.06. The van der Waals surface area contributed by atoms with Gasteiger partial charge in [-0.2, -0.15) is 0 Å². The minimum atomic E-state index is -0.0736. The third kappa shape index (κ3) is 1.67. The summed E-state index contributed by atoms with van der Waals surface area (Å²) in [6.07, 6.45) is 0.832. The molecule has 1 aliphatic rings. The summed E-state index contributed by atoms with van der Waals surface area (Å²) in [5, 5.41) is 3.34. The second kappa shape index (κ2) is 3.98. The zero-order chi connectivity index (χ0) is 10.3. The van der Waals surface area contributed by atoms with E-state index >= 15 is 0 Å². The molecule has 0 unspecified atom stereocenters. The van der Waals surface area contributed by atoms with Gasteiger partial charge in [0.1, 0.15) is 0 Å². The van der Waals surface area contributed by atoms with E-state index in [1.54, 1.807) is 0 Å². The third-order valence-corrected chi connectivity index (χ3v) is 4.43. The van der Waals surface area contributed by atoms with Crippen molar-refractivity contribution in [2.45, 2.75) is 6.42 Å². The topological polar surface area (TPSA) is 29.1 Å². The van der Waals surface area contributed by atoms with Crippen molar-refractivity contribution < 1.29 is 4.79 Å². The van der Waals surface area contributed by atoms with E-state index in [0.717, 1.165) is 20.0 Å². The molecule has 14 heavy (non-hydrogen) atoms. The van der Waals surface area contributed by atoms with Crippen molar-refractivity contribution >= 4 is 56.0 Å². The fourth-order valence-electron chi connectivity index (χ4n) is 1.50. The molecule has 0 saturated heterocycles. The fraction of sp³-hybridized carbons (Fsp3) is 0.222. The summed E-state index contributed by atoms with van der Waals surface area (Å²) in [4.78, 5) is 11.6. The summed E-state index contributed by atoms with van der Waals surface area (Å²) in [7, 11) is 0. The van der Waals surface area contributed by atoms with Crippen LogP contribution in [0.3, 0.4) is 0 Å². The van der Waals surface area contributed by atoms with Crippen molar-refractivity contribution in [3.05, 3.63) is 30.3 Å². The molecule has 1 heterocycles. The monoisotopic (exact) mass is 385 g/mol. The average Bonchev–Trinajstić information content (AvgIpc) is 2.14. The number of benzene rings is 1. The summed E-state index contributed by atoms with van der Waals surface area (Å²) in [5.74, 6) is -0.0736. The molecule has 0 aromatic heterocycles. The molecule has 0 saturated carbocycles. The van der Waals surface area contributed by atoms with Crippen LogP contribution in [0.5, 0.6) is 0 Å². The van der Waals surface area contributed by atoms with E-state index in [0.29, 0.717) is 17.1 Å². The van der Waals surface area contributed by atoms with Crippen LogP contribution in [-0.2, 0) is 6.42 Å². The van der Waals surface area contributed by atoms with Crippen LogP contribution in [0, 0.1) is 3.57 Å². The van der Waals surface area contributed by atoms with Gasteiger partial charge in [0.05, 0.1) is 10.6 Å². The highest BCUT2D eigenvalue weighted by molar-refractivity contribution is 14.1. The molecule has 0 fully saturated rings. The smallest absolute Gasteiger partial charge is 0.253 e. The van der Waals surface area contributed by atoms with Gasteiger partial charge in [0.25, 0.3) is 5.91 Å². The van der Waals surface area contributed by atoms with Gasteiger partial charge in [-0.05, 0) is 40.6 Å². The first kappa shape index (κ1) is 10.7. The molecule has 1 N–H and O–H groups in total. The van der Waals surface area contributed by atoms with Crippen LogP contribution in [0.1, 0.15) is 15.9 Å². The van der Waals surface area contributed by atoms with E-state index in [2.05, 4.69) is 43.8 Å². The lowest BCUT2D eigenvalue weighted by Crippen LogP contribution is -2.32. The highest BCUT2D eigenvalue weighted by Crippen LogP contribution is 2.33. The van der Waals surface area contributed by atoms with Crippen LogP contribution < -0.4 is 5.32 Å². The summed E-state index contributed by atoms with van der Waals surface area (Å²) in [6, 6.07) is 1.94. The van der Waals surface area contributed by atoms with Gasteiger partial charge >= 0.3 is 0 Å².